The molecule has 1 heterocycles. The lowest BCUT2D eigenvalue weighted by atomic mass is 10.1. The van der Waals surface area contributed by atoms with Crippen LogP contribution in [-0.2, 0) is 6.54 Å². The normalized spacial score (nSPS) is 10.9. The lowest BCUT2D eigenvalue weighted by molar-refractivity contribution is 0.513. The molecule has 3 N–H and O–H groups in total. The molecule has 0 unspecified atom stereocenters. The minimum absolute atomic E-state index is 0. The average Bonchev–Trinajstić information content (AvgIpc) is 2.77. The third-order valence-electron chi connectivity index (χ3n) is 2.48. The number of furan rings is 1. The predicted octanol–water partition coefficient (Wildman–Crippen LogP) is 3.44. The van der Waals surface area contributed by atoms with Gasteiger partial charge in [0.05, 0.1) is 6.26 Å². The monoisotopic (exact) mass is 371 g/mol. The first-order valence-electron chi connectivity index (χ1n) is 5.81. The second-order valence-electron chi connectivity index (χ2n) is 4.28. The molecule has 0 aliphatic carbocycles. The van der Waals surface area contributed by atoms with Crippen LogP contribution in [0.15, 0.2) is 46.0 Å². The number of halogens is 1. The summed E-state index contributed by atoms with van der Waals surface area (Å²) in [5.41, 5.74) is 9.15. The number of guanidine groups is 1. The molecule has 19 heavy (non-hydrogen) atoms. The summed E-state index contributed by atoms with van der Waals surface area (Å²) in [6.07, 6.45) is 1.62. The molecule has 0 atom stereocenters. The molecule has 1 aromatic carbocycles. The number of nitrogens with one attached hydrogen (secondary N) is 1. The highest BCUT2D eigenvalue weighted by atomic mass is 127. The van der Waals surface area contributed by atoms with Crippen LogP contribution in [0.5, 0.6) is 0 Å². The standard InChI is InChI=1S/C14H17N3O.HI/c1-10-6-11(2)8-12(7-10)17-14(15)16-9-13-4-3-5-18-13;/h3-8H,9H2,1-2H3,(H3,15,16,17);1H. The molecule has 0 saturated heterocycles. The summed E-state index contributed by atoms with van der Waals surface area (Å²) in [5, 5.41) is 3.07. The molecule has 0 radical (unpaired) electrons. The molecule has 1 aromatic heterocycles. The summed E-state index contributed by atoms with van der Waals surface area (Å²) in [6.45, 7) is 4.54. The van der Waals surface area contributed by atoms with Crippen LogP contribution in [0.3, 0.4) is 0 Å². The first-order chi connectivity index (χ1) is 8.63. The Morgan fingerprint density at radius 3 is 2.53 bits per heavy atom. The van der Waals surface area contributed by atoms with Crippen LogP contribution in [0.1, 0.15) is 16.9 Å². The Kier molecular flexibility index (Phi) is 5.88. The summed E-state index contributed by atoms with van der Waals surface area (Å²) in [5.74, 6) is 1.18. The third kappa shape index (κ3) is 4.94. The summed E-state index contributed by atoms with van der Waals surface area (Å²) < 4.78 is 5.18. The summed E-state index contributed by atoms with van der Waals surface area (Å²) >= 11 is 0. The van der Waals surface area contributed by atoms with Crippen LogP contribution in [0, 0.1) is 13.8 Å². The zero-order valence-electron chi connectivity index (χ0n) is 11.0. The van der Waals surface area contributed by atoms with E-state index in [9.17, 15) is 0 Å². The highest BCUT2D eigenvalue weighted by Gasteiger charge is 1.98. The Balaban J connectivity index is 0.00000180. The summed E-state index contributed by atoms with van der Waals surface area (Å²) in [4.78, 5) is 4.21. The number of nitrogens with two attached hydrogens (primary N) is 1. The van der Waals surface area contributed by atoms with Gasteiger partial charge in [-0.3, -0.25) is 0 Å². The first-order valence-corrected chi connectivity index (χ1v) is 5.81. The molecular weight excluding hydrogens is 353 g/mol. The van der Waals surface area contributed by atoms with Crippen LogP contribution in [0.4, 0.5) is 5.69 Å². The smallest absolute Gasteiger partial charge is 0.193 e. The Morgan fingerprint density at radius 2 is 1.95 bits per heavy atom. The van der Waals surface area contributed by atoms with Crippen molar-refractivity contribution >= 4 is 35.6 Å². The minimum atomic E-state index is 0. The maximum Gasteiger partial charge on any atom is 0.193 e. The number of nitrogens with zero attached hydrogens (tertiary/aromatic N) is 1. The topological polar surface area (TPSA) is 63.5 Å². The van der Waals surface area contributed by atoms with Crippen LogP contribution >= 0.6 is 24.0 Å². The highest BCUT2D eigenvalue weighted by molar-refractivity contribution is 14.0. The van der Waals surface area contributed by atoms with Gasteiger partial charge in [0, 0.05) is 5.69 Å². The fourth-order valence-corrected chi connectivity index (χ4v) is 1.80. The fourth-order valence-electron chi connectivity index (χ4n) is 1.80. The first kappa shape index (κ1) is 15.6. The number of aliphatic imine (C=N–C) groups is 1. The van der Waals surface area contributed by atoms with E-state index in [1.807, 2.05) is 38.1 Å². The molecule has 5 heteroatoms. The van der Waals surface area contributed by atoms with Crippen LogP contribution in [0.25, 0.3) is 0 Å². The summed E-state index contributed by atoms with van der Waals surface area (Å²) in [6, 6.07) is 9.87. The van der Waals surface area contributed by atoms with E-state index in [1.165, 1.54) is 11.1 Å². The minimum Gasteiger partial charge on any atom is -0.467 e. The van der Waals surface area contributed by atoms with Gasteiger partial charge in [0.25, 0.3) is 0 Å². The Hall–Kier alpha value is -1.50. The maximum atomic E-state index is 5.82. The Morgan fingerprint density at radius 1 is 1.26 bits per heavy atom. The fraction of sp³-hybridized carbons (Fsp3) is 0.214. The SMILES string of the molecule is Cc1cc(C)cc(NC(N)=NCc2ccco2)c1.I. The molecule has 4 nitrogen and oxygen atoms in total. The third-order valence-corrected chi connectivity index (χ3v) is 2.48. The van der Waals surface area contributed by atoms with Gasteiger partial charge >= 0.3 is 0 Å². The van der Waals surface area contributed by atoms with E-state index in [1.54, 1.807) is 6.26 Å². The van der Waals surface area contributed by atoms with E-state index in [2.05, 4.69) is 16.4 Å². The van der Waals surface area contributed by atoms with Gasteiger partial charge in [-0.25, -0.2) is 4.99 Å². The van der Waals surface area contributed by atoms with Crippen molar-refractivity contribution in [3.63, 3.8) is 0 Å². The van der Waals surface area contributed by atoms with Crippen molar-refractivity contribution in [3.05, 3.63) is 53.5 Å². The lowest BCUT2D eigenvalue weighted by Gasteiger charge is -2.07. The van der Waals surface area contributed by atoms with Crippen molar-refractivity contribution < 1.29 is 4.42 Å². The van der Waals surface area contributed by atoms with Crippen molar-refractivity contribution in [3.8, 4) is 0 Å². The van der Waals surface area contributed by atoms with Gasteiger partial charge in [0.2, 0.25) is 0 Å². The largest absolute Gasteiger partial charge is 0.467 e. The van der Waals surface area contributed by atoms with E-state index in [-0.39, 0.29) is 24.0 Å². The van der Waals surface area contributed by atoms with Crippen LogP contribution in [-0.4, -0.2) is 5.96 Å². The summed E-state index contributed by atoms with van der Waals surface area (Å²) in [7, 11) is 0. The van der Waals surface area contributed by atoms with E-state index in [0.717, 1.165) is 11.4 Å². The van der Waals surface area contributed by atoms with Gasteiger partial charge in [0.1, 0.15) is 12.3 Å². The molecule has 2 aromatic rings. The van der Waals surface area contributed by atoms with Crippen molar-refractivity contribution in [2.24, 2.45) is 10.7 Å². The van der Waals surface area contributed by atoms with Crippen molar-refractivity contribution in [1.29, 1.82) is 0 Å². The molecule has 0 fully saturated rings. The molecule has 2 rings (SSSR count). The Labute approximate surface area is 130 Å². The molecular formula is C14H18IN3O. The van der Waals surface area contributed by atoms with E-state index in [4.69, 9.17) is 10.2 Å². The lowest BCUT2D eigenvalue weighted by Crippen LogP contribution is -2.22. The molecule has 0 aliphatic heterocycles. The molecule has 0 amide bonds. The predicted molar refractivity (Wildman–Crippen MR) is 89.0 cm³/mol. The van der Waals surface area contributed by atoms with Crippen LogP contribution < -0.4 is 11.1 Å². The van der Waals surface area contributed by atoms with Crippen molar-refractivity contribution in [2.75, 3.05) is 5.32 Å². The highest BCUT2D eigenvalue weighted by Crippen LogP contribution is 2.13. The molecule has 0 saturated carbocycles. The van der Waals surface area contributed by atoms with E-state index < -0.39 is 0 Å². The van der Waals surface area contributed by atoms with Crippen LogP contribution in [0.2, 0.25) is 0 Å². The number of anilines is 1. The second kappa shape index (κ2) is 7.18. The van der Waals surface area contributed by atoms with E-state index >= 15 is 0 Å². The molecule has 0 spiro atoms. The number of rotatable bonds is 3. The quantitative estimate of drug-likeness (QED) is 0.494. The molecule has 102 valence electrons. The van der Waals surface area contributed by atoms with Crippen molar-refractivity contribution in [1.82, 2.24) is 0 Å². The van der Waals surface area contributed by atoms with Gasteiger partial charge in [-0.2, -0.15) is 0 Å². The van der Waals surface area contributed by atoms with Gasteiger partial charge in [-0.1, -0.05) is 6.07 Å². The molecule has 0 bridgehead atoms. The Bertz CT molecular complexity index is 530. The number of benzene rings is 1. The number of hydrogen-bond acceptors (Lipinski definition) is 2. The number of hydrogen-bond donors (Lipinski definition) is 2. The number of aryl methyl sites for hydroxylation is 2. The van der Waals surface area contributed by atoms with Gasteiger partial charge in [-0.15, -0.1) is 24.0 Å². The molecule has 0 aliphatic rings. The van der Waals surface area contributed by atoms with Gasteiger partial charge < -0.3 is 15.5 Å². The van der Waals surface area contributed by atoms with Crippen molar-refractivity contribution in [2.45, 2.75) is 20.4 Å². The maximum absolute atomic E-state index is 5.82. The van der Waals surface area contributed by atoms with Gasteiger partial charge in [0.15, 0.2) is 5.96 Å². The zero-order chi connectivity index (χ0) is 13.0. The second-order valence-corrected chi connectivity index (χ2v) is 4.28. The zero-order valence-corrected chi connectivity index (χ0v) is 13.3. The van der Waals surface area contributed by atoms with Gasteiger partial charge in [-0.05, 0) is 49.2 Å². The van der Waals surface area contributed by atoms with E-state index in [0.29, 0.717) is 12.5 Å². The average molecular weight is 371 g/mol.